The van der Waals surface area contributed by atoms with Crippen molar-refractivity contribution in [2.75, 3.05) is 27.2 Å². The maximum atomic E-state index is 12.2. The van der Waals surface area contributed by atoms with E-state index in [0.29, 0.717) is 13.1 Å². The molecule has 0 aliphatic carbocycles. The summed E-state index contributed by atoms with van der Waals surface area (Å²) in [6.45, 7) is 2.72. The van der Waals surface area contributed by atoms with Gasteiger partial charge in [0.05, 0.1) is 12.2 Å². The Morgan fingerprint density at radius 1 is 1.25 bits per heavy atom. The van der Waals surface area contributed by atoms with Crippen LogP contribution in [0.2, 0.25) is 0 Å². The van der Waals surface area contributed by atoms with Crippen LogP contribution in [0.4, 0.5) is 0 Å². The summed E-state index contributed by atoms with van der Waals surface area (Å²) in [6, 6.07) is 10.0. The number of nitrogens with zero attached hydrogens (tertiary/aromatic N) is 2. The number of ether oxygens (including phenoxy) is 1. The average Bonchev–Trinajstić information content (AvgIpc) is 2.39. The fourth-order valence-corrected chi connectivity index (χ4v) is 3.63. The summed E-state index contributed by atoms with van der Waals surface area (Å²) < 4.78 is 33.1. The van der Waals surface area contributed by atoms with E-state index in [1.165, 1.54) is 8.61 Å². The van der Waals surface area contributed by atoms with Gasteiger partial charge in [0.1, 0.15) is 0 Å². The number of hydrogen-bond acceptors (Lipinski definition) is 3. The van der Waals surface area contributed by atoms with Crippen LogP contribution in [0.25, 0.3) is 0 Å². The standard InChI is InChI=1S/C14H22N2O3S/c1-12-10-16(20(17,18)15(2)3)11-14(19-12)9-13-7-5-4-6-8-13/h4-8,12,14H,9-11H2,1-3H3. The SMILES string of the molecule is CC1CN(S(=O)(=O)N(C)C)CC(Cc2ccccc2)O1. The molecule has 0 N–H and O–H groups in total. The van der Waals surface area contributed by atoms with Crippen LogP contribution in [-0.4, -0.2) is 56.4 Å². The van der Waals surface area contributed by atoms with Crippen LogP contribution < -0.4 is 0 Å². The summed E-state index contributed by atoms with van der Waals surface area (Å²) in [7, 11) is -0.257. The van der Waals surface area contributed by atoms with Crippen molar-refractivity contribution in [3.63, 3.8) is 0 Å². The van der Waals surface area contributed by atoms with Crippen LogP contribution in [0.1, 0.15) is 12.5 Å². The van der Waals surface area contributed by atoms with Crippen molar-refractivity contribution in [3.8, 4) is 0 Å². The van der Waals surface area contributed by atoms with Gasteiger partial charge >= 0.3 is 0 Å². The summed E-state index contributed by atoms with van der Waals surface area (Å²) in [5, 5.41) is 0. The highest BCUT2D eigenvalue weighted by Crippen LogP contribution is 2.19. The van der Waals surface area contributed by atoms with E-state index in [1.54, 1.807) is 14.1 Å². The zero-order chi connectivity index (χ0) is 14.8. The Morgan fingerprint density at radius 3 is 2.50 bits per heavy atom. The van der Waals surface area contributed by atoms with Gasteiger partial charge in [0, 0.05) is 27.2 Å². The monoisotopic (exact) mass is 298 g/mol. The predicted octanol–water partition coefficient (Wildman–Crippen LogP) is 1.12. The van der Waals surface area contributed by atoms with Gasteiger partial charge in [-0.05, 0) is 18.9 Å². The third kappa shape index (κ3) is 3.58. The largest absolute Gasteiger partial charge is 0.372 e. The Kier molecular flexibility index (Phi) is 4.80. The number of hydrogen-bond donors (Lipinski definition) is 0. The fraction of sp³-hybridized carbons (Fsp3) is 0.571. The van der Waals surface area contributed by atoms with E-state index >= 15 is 0 Å². The molecule has 0 radical (unpaired) electrons. The van der Waals surface area contributed by atoms with Crippen molar-refractivity contribution < 1.29 is 13.2 Å². The molecule has 0 amide bonds. The van der Waals surface area contributed by atoms with E-state index in [2.05, 4.69) is 0 Å². The van der Waals surface area contributed by atoms with Gasteiger partial charge < -0.3 is 4.74 Å². The maximum Gasteiger partial charge on any atom is 0.281 e. The number of benzene rings is 1. The first-order chi connectivity index (χ1) is 9.39. The summed E-state index contributed by atoms with van der Waals surface area (Å²) in [4.78, 5) is 0. The first-order valence-electron chi connectivity index (χ1n) is 6.76. The van der Waals surface area contributed by atoms with Gasteiger partial charge in [-0.3, -0.25) is 0 Å². The molecule has 2 atom stereocenters. The van der Waals surface area contributed by atoms with Gasteiger partial charge in [-0.2, -0.15) is 17.0 Å². The van der Waals surface area contributed by atoms with E-state index in [4.69, 9.17) is 4.74 Å². The van der Waals surface area contributed by atoms with Gasteiger partial charge in [-0.15, -0.1) is 0 Å². The first-order valence-corrected chi connectivity index (χ1v) is 8.16. The van der Waals surface area contributed by atoms with Crippen LogP contribution in [0.15, 0.2) is 30.3 Å². The lowest BCUT2D eigenvalue weighted by molar-refractivity contribution is -0.0539. The van der Waals surface area contributed by atoms with Crippen LogP contribution in [-0.2, 0) is 21.4 Å². The van der Waals surface area contributed by atoms with Crippen molar-refractivity contribution in [3.05, 3.63) is 35.9 Å². The quantitative estimate of drug-likeness (QED) is 0.837. The van der Waals surface area contributed by atoms with Gasteiger partial charge in [0.15, 0.2) is 0 Å². The molecule has 1 heterocycles. The molecule has 5 nitrogen and oxygen atoms in total. The van der Waals surface area contributed by atoms with Gasteiger partial charge in [-0.25, -0.2) is 0 Å². The molecule has 1 aliphatic rings. The number of morpholine rings is 1. The van der Waals surface area contributed by atoms with E-state index in [-0.39, 0.29) is 12.2 Å². The predicted molar refractivity (Wildman–Crippen MR) is 78.7 cm³/mol. The molecule has 1 fully saturated rings. The number of rotatable bonds is 4. The topological polar surface area (TPSA) is 49.9 Å². The van der Waals surface area contributed by atoms with Gasteiger partial charge in [0.25, 0.3) is 10.2 Å². The first kappa shape index (κ1) is 15.4. The van der Waals surface area contributed by atoms with Crippen LogP contribution >= 0.6 is 0 Å². The lowest BCUT2D eigenvalue weighted by Crippen LogP contribution is -2.52. The molecule has 0 spiro atoms. The smallest absolute Gasteiger partial charge is 0.281 e. The summed E-state index contributed by atoms with van der Waals surface area (Å²) in [6.07, 6.45) is 0.535. The third-order valence-corrected chi connectivity index (χ3v) is 5.26. The Balaban J connectivity index is 2.09. The zero-order valence-corrected chi connectivity index (χ0v) is 13.0. The molecule has 6 heteroatoms. The van der Waals surface area contributed by atoms with Crippen molar-refractivity contribution in [1.29, 1.82) is 0 Å². The average molecular weight is 298 g/mol. The van der Waals surface area contributed by atoms with E-state index < -0.39 is 10.2 Å². The summed E-state index contributed by atoms with van der Waals surface area (Å²) in [5.41, 5.74) is 1.16. The van der Waals surface area contributed by atoms with Crippen LogP contribution in [0.3, 0.4) is 0 Å². The molecule has 0 aromatic heterocycles. The Bertz CT molecular complexity index is 531. The highest BCUT2D eigenvalue weighted by Gasteiger charge is 2.33. The second kappa shape index (κ2) is 6.22. The fourth-order valence-electron chi connectivity index (χ4n) is 2.41. The molecule has 112 valence electrons. The highest BCUT2D eigenvalue weighted by atomic mass is 32.2. The van der Waals surface area contributed by atoms with Gasteiger partial charge in [-0.1, -0.05) is 30.3 Å². The summed E-state index contributed by atoms with van der Waals surface area (Å²) >= 11 is 0. The minimum absolute atomic E-state index is 0.0906. The molecule has 0 bridgehead atoms. The second-order valence-corrected chi connectivity index (χ2v) is 7.51. The minimum Gasteiger partial charge on any atom is -0.372 e. The molecule has 20 heavy (non-hydrogen) atoms. The zero-order valence-electron chi connectivity index (χ0n) is 12.2. The molecule has 2 unspecified atom stereocenters. The van der Waals surface area contributed by atoms with Crippen molar-refractivity contribution in [1.82, 2.24) is 8.61 Å². The Labute approximate surface area is 121 Å². The lowest BCUT2D eigenvalue weighted by Gasteiger charge is -2.37. The second-order valence-electron chi connectivity index (χ2n) is 5.37. The molecule has 1 aromatic rings. The van der Waals surface area contributed by atoms with Crippen LogP contribution in [0.5, 0.6) is 0 Å². The summed E-state index contributed by atoms with van der Waals surface area (Å²) in [5.74, 6) is 0. The van der Waals surface area contributed by atoms with E-state index in [9.17, 15) is 8.42 Å². The Morgan fingerprint density at radius 2 is 1.90 bits per heavy atom. The Hall–Kier alpha value is -0.950. The minimum atomic E-state index is -3.37. The highest BCUT2D eigenvalue weighted by molar-refractivity contribution is 7.86. The van der Waals surface area contributed by atoms with Crippen molar-refractivity contribution in [2.24, 2.45) is 0 Å². The molecule has 2 rings (SSSR count). The van der Waals surface area contributed by atoms with E-state index in [1.807, 2.05) is 37.3 Å². The molecule has 0 saturated carbocycles. The van der Waals surface area contributed by atoms with Crippen molar-refractivity contribution in [2.45, 2.75) is 25.6 Å². The molecule has 1 aliphatic heterocycles. The third-order valence-electron chi connectivity index (χ3n) is 3.39. The molecule has 1 aromatic carbocycles. The van der Waals surface area contributed by atoms with Crippen LogP contribution in [0, 0.1) is 0 Å². The molecular weight excluding hydrogens is 276 g/mol. The van der Waals surface area contributed by atoms with Crippen molar-refractivity contribution >= 4 is 10.2 Å². The lowest BCUT2D eigenvalue weighted by atomic mass is 10.1. The molecule has 1 saturated heterocycles. The van der Waals surface area contributed by atoms with Gasteiger partial charge in [0.2, 0.25) is 0 Å². The maximum absolute atomic E-state index is 12.2. The van der Waals surface area contributed by atoms with E-state index in [0.717, 1.165) is 12.0 Å². The molecular formula is C14H22N2O3S. The normalized spacial score (nSPS) is 25.0.